The molecule has 0 amide bonds. The van der Waals surface area contributed by atoms with Crippen molar-refractivity contribution in [2.45, 2.75) is 44.1 Å². The second kappa shape index (κ2) is 7.07. The van der Waals surface area contributed by atoms with E-state index < -0.39 is 5.60 Å². The Morgan fingerprint density at radius 3 is 2.71 bits per heavy atom. The Morgan fingerprint density at radius 1 is 1.21 bits per heavy atom. The van der Waals surface area contributed by atoms with E-state index in [0.717, 1.165) is 24.8 Å². The van der Waals surface area contributed by atoms with E-state index >= 15 is 0 Å². The summed E-state index contributed by atoms with van der Waals surface area (Å²) >= 11 is 0. The Morgan fingerprint density at radius 2 is 1.96 bits per heavy atom. The highest BCUT2D eigenvalue weighted by Gasteiger charge is 2.39. The number of rotatable bonds is 3. The van der Waals surface area contributed by atoms with Gasteiger partial charge in [0.1, 0.15) is 5.60 Å². The molecule has 0 aromatic heterocycles. The van der Waals surface area contributed by atoms with Crippen LogP contribution in [-0.2, 0) is 6.42 Å². The molecule has 0 bridgehead atoms. The predicted octanol–water partition coefficient (Wildman–Crippen LogP) is 4.77. The van der Waals surface area contributed by atoms with E-state index in [9.17, 15) is 5.11 Å². The van der Waals surface area contributed by atoms with Crippen molar-refractivity contribution >= 4 is 0 Å². The number of hydrogen-bond donors (Lipinski definition) is 1. The molecule has 0 saturated heterocycles. The lowest BCUT2D eigenvalue weighted by Crippen LogP contribution is -2.39. The van der Waals surface area contributed by atoms with Gasteiger partial charge in [0.25, 0.3) is 0 Å². The van der Waals surface area contributed by atoms with Gasteiger partial charge in [0.15, 0.2) is 0 Å². The average molecular weight is 316 g/mol. The monoisotopic (exact) mass is 316 g/mol. The first-order valence-electron chi connectivity index (χ1n) is 8.63. The van der Waals surface area contributed by atoms with Gasteiger partial charge in [0.2, 0.25) is 0 Å². The van der Waals surface area contributed by atoms with Crippen molar-refractivity contribution in [2.75, 3.05) is 0 Å². The summed E-state index contributed by atoms with van der Waals surface area (Å²) in [5, 5.41) is 11.3. The summed E-state index contributed by atoms with van der Waals surface area (Å²) in [6.07, 6.45) is 5.24. The molecule has 0 aliphatic heterocycles. The largest absolute Gasteiger partial charge is 0.377 e. The molecule has 0 radical (unpaired) electrons. The maximum absolute atomic E-state index is 11.3. The Bertz CT molecular complexity index is 776. The van der Waals surface area contributed by atoms with Gasteiger partial charge in [-0.1, -0.05) is 59.9 Å². The zero-order valence-electron chi connectivity index (χ0n) is 14.3. The molecule has 2 aromatic carbocycles. The van der Waals surface area contributed by atoms with E-state index in [-0.39, 0.29) is 5.92 Å². The lowest BCUT2D eigenvalue weighted by Gasteiger charge is -2.37. The van der Waals surface area contributed by atoms with Crippen molar-refractivity contribution in [3.63, 3.8) is 0 Å². The van der Waals surface area contributed by atoms with Crippen LogP contribution in [0.4, 0.5) is 0 Å². The number of allylic oxidation sites excluding steroid dienone is 1. The third-order valence-electron chi connectivity index (χ3n) is 4.92. The van der Waals surface area contributed by atoms with Gasteiger partial charge in [0, 0.05) is 11.5 Å². The maximum Gasteiger partial charge on any atom is 0.133 e. The van der Waals surface area contributed by atoms with Crippen LogP contribution < -0.4 is 0 Å². The zero-order chi connectivity index (χ0) is 17.0. The molecule has 0 unspecified atom stereocenters. The molecule has 1 heteroatoms. The Balaban J connectivity index is 1.95. The third-order valence-corrected chi connectivity index (χ3v) is 4.92. The van der Waals surface area contributed by atoms with Crippen LogP contribution in [0.3, 0.4) is 0 Å². The van der Waals surface area contributed by atoms with Crippen molar-refractivity contribution in [1.29, 1.82) is 0 Å². The SMILES string of the molecule is C=CCC[C@@H]1c2ccccc2CC[C@@]1(O)C#Cc1ccc(C)cc1. The van der Waals surface area contributed by atoms with E-state index in [2.05, 4.69) is 61.7 Å². The molecule has 24 heavy (non-hydrogen) atoms. The number of aliphatic hydroxyl groups is 1. The second-order valence-corrected chi connectivity index (χ2v) is 6.66. The quantitative estimate of drug-likeness (QED) is 0.638. The normalized spacial score (nSPS) is 22.2. The molecule has 1 N–H and O–H groups in total. The van der Waals surface area contributed by atoms with Crippen LogP contribution in [0.25, 0.3) is 0 Å². The lowest BCUT2D eigenvalue weighted by atomic mass is 9.70. The van der Waals surface area contributed by atoms with Crippen molar-refractivity contribution in [3.8, 4) is 11.8 Å². The highest BCUT2D eigenvalue weighted by Crippen LogP contribution is 2.41. The minimum absolute atomic E-state index is 0.0402. The first-order chi connectivity index (χ1) is 11.6. The number of hydrogen-bond acceptors (Lipinski definition) is 1. The topological polar surface area (TPSA) is 20.2 Å². The van der Waals surface area contributed by atoms with E-state index in [1.807, 2.05) is 18.2 Å². The van der Waals surface area contributed by atoms with Gasteiger partial charge in [-0.15, -0.1) is 6.58 Å². The van der Waals surface area contributed by atoms with E-state index in [0.29, 0.717) is 6.42 Å². The van der Waals surface area contributed by atoms with Crippen molar-refractivity contribution in [3.05, 3.63) is 83.4 Å². The van der Waals surface area contributed by atoms with E-state index in [1.165, 1.54) is 16.7 Å². The van der Waals surface area contributed by atoms with Gasteiger partial charge in [-0.2, -0.15) is 0 Å². The zero-order valence-corrected chi connectivity index (χ0v) is 14.3. The summed E-state index contributed by atoms with van der Waals surface area (Å²) in [5.74, 6) is 6.44. The summed E-state index contributed by atoms with van der Waals surface area (Å²) in [4.78, 5) is 0. The molecular weight excluding hydrogens is 292 g/mol. The molecule has 122 valence electrons. The minimum atomic E-state index is -0.970. The molecule has 0 heterocycles. The molecule has 1 nitrogen and oxygen atoms in total. The lowest BCUT2D eigenvalue weighted by molar-refractivity contribution is 0.0518. The highest BCUT2D eigenvalue weighted by molar-refractivity contribution is 5.43. The van der Waals surface area contributed by atoms with E-state index in [1.54, 1.807) is 0 Å². The first kappa shape index (κ1) is 16.6. The molecule has 2 aromatic rings. The highest BCUT2D eigenvalue weighted by atomic mass is 16.3. The van der Waals surface area contributed by atoms with Gasteiger partial charge in [-0.05, 0) is 55.9 Å². The summed E-state index contributed by atoms with van der Waals surface area (Å²) in [7, 11) is 0. The molecule has 1 aliphatic carbocycles. The molecule has 0 saturated carbocycles. The van der Waals surface area contributed by atoms with Crippen LogP contribution in [0.5, 0.6) is 0 Å². The Labute approximate surface area is 145 Å². The predicted molar refractivity (Wildman–Crippen MR) is 99.9 cm³/mol. The summed E-state index contributed by atoms with van der Waals surface area (Å²) < 4.78 is 0. The maximum atomic E-state index is 11.3. The molecular formula is C23H24O. The van der Waals surface area contributed by atoms with E-state index in [4.69, 9.17) is 0 Å². The number of aryl methyl sites for hydroxylation is 2. The van der Waals surface area contributed by atoms with Crippen LogP contribution >= 0.6 is 0 Å². The smallest absolute Gasteiger partial charge is 0.133 e. The van der Waals surface area contributed by atoms with Crippen LogP contribution in [0.15, 0.2) is 61.2 Å². The molecule has 3 rings (SSSR count). The minimum Gasteiger partial charge on any atom is -0.377 e. The summed E-state index contributed by atoms with van der Waals surface area (Å²) in [6, 6.07) is 16.6. The Kier molecular flexibility index (Phi) is 4.88. The van der Waals surface area contributed by atoms with Gasteiger partial charge in [0.05, 0.1) is 0 Å². The van der Waals surface area contributed by atoms with Crippen LogP contribution in [0.2, 0.25) is 0 Å². The van der Waals surface area contributed by atoms with Gasteiger partial charge < -0.3 is 5.11 Å². The van der Waals surface area contributed by atoms with Crippen molar-refractivity contribution in [1.82, 2.24) is 0 Å². The van der Waals surface area contributed by atoms with Gasteiger partial charge in [-0.3, -0.25) is 0 Å². The van der Waals surface area contributed by atoms with Crippen molar-refractivity contribution < 1.29 is 5.11 Å². The second-order valence-electron chi connectivity index (χ2n) is 6.66. The summed E-state index contributed by atoms with van der Waals surface area (Å²) in [6.45, 7) is 5.90. The average Bonchev–Trinajstić information content (AvgIpc) is 2.61. The standard InChI is InChI=1S/C23H24O/c1-3-4-9-22-21-8-6-5-7-20(21)15-17-23(22,24)16-14-19-12-10-18(2)11-13-19/h3,5-8,10-13,22,24H,1,4,9,15,17H2,2H3/t22-,23+/m1/s1. The molecule has 2 atom stereocenters. The van der Waals surface area contributed by atoms with Crippen LogP contribution in [0.1, 0.15) is 47.4 Å². The fourth-order valence-electron chi connectivity index (χ4n) is 3.50. The fourth-order valence-corrected chi connectivity index (χ4v) is 3.50. The first-order valence-corrected chi connectivity index (χ1v) is 8.63. The number of fused-ring (bicyclic) bond motifs is 1. The molecule has 0 fully saturated rings. The van der Waals surface area contributed by atoms with Gasteiger partial charge in [-0.25, -0.2) is 0 Å². The van der Waals surface area contributed by atoms with Crippen molar-refractivity contribution in [2.24, 2.45) is 0 Å². The number of benzene rings is 2. The van der Waals surface area contributed by atoms with Crippen LogP contribution in [-0.4, -0.2) is 10.7 Å². The molecule has 1 aliphatic rings. The fraction of sp³-hybridized carbons (Fsp3) is 0.304. The third kappa shape index (κ3) is 3.45. The summed E-state index contributed by atoms with van der Waals surface area (Å²) in [5.41, 5.74) is 3.78. The van der Waals surface area contributed by atoms with Gasteiger partial charge >= 0.3 is 0 Å². The Hall–Kier alpha value is -2.30. The van der Waals surface area contributed by atoms with Crippen LogP contribution in [0, 0.1) is 18.8 Å². The molecule has 0 spiro atoms.